The second-order valence-electron chi connectivity index (χ2n) is 6.89. The molecule has 0 bridgehead atoms. The van der Waals surface area contributed by atoms with Gasteiger partial charge in [-0.25, -0.2) is 0 Å². The first-order valence-corrected chi connectivity index (χ1v) is 9.82. The van der Waals surface area contributed by atoms with E-state index < -0.39 is 0 Å². The van der Waals surface area contributed by atoms with Gasteiger partial charge in [-0.3, -0.25) is 4.79 Å². The summed E-state index contributed by atoms with van der Waals surface area (Å²) in [4.78, 5) is 13.0. The molecule has 0 fully saturated rings. The molecule has 0 saturated carbocycles. The van der Waals surface area contributed by atoms with Gasteiger partial charge in [0.05, 0.1) is 30.2 Å². The van der Waals surface area contributed by atoms with Crippen LogP contribution in [0.2, 0.25) is 0 Å². The molecule has 0 radical (unpaired) electrons. The minimum Gasteiger partial charge on any atom is -0.493 e. The lowest BCUT2D eigenvalue weighted by Gasteiger charge is -2.15. The lowest BCUT2D eigenvalue weighted by atomic mass is 10.1. The monoisotopic (exact) mass is 442 g/mol. The Morgan fingerprint density at radius 2 is 1.79 bits per heavy atom. The van der Waals surface area contributed by atoms with Crippen molar-refractivity contribution >= 4 is 39.3 Å². The molecule has 1 amide bonds. The van der Waals surface area contributed by atoms with Crippen molar-refractivity contribution in [1.29, 1.82) is 0 Å². The maximum absolute atomic E-state index is 13.0. The normalized spacial score (nSPS) is 15.4. The van der Waals surface area contributed by atoms with Crippen LogP contribution in [0.1, 0.15) is 31.9 Å². The number of benzene rings is 2. The van der Waals surface area contributed by atoms with Gasteiger partial charge in [-0.15, -0.1) is 0 Å². The number of amides is 1. The van der Waals surface area contributed by atoms with Crippen molar-refractivity contribution in [3.8, 4) is 11.5 Å². The van der Waals surface area contributed by atoms with Gasteiger partial charge >= 0.3 is 0 Å². The maximum atomic E-state index is 13.0. The predicted octanol–water partition coefficient (Wildman–Crippen LogP) is 5.36. The van der Waals surface area contributed by atoms with E-state index in [0.717, 1.165) is 21.3 Å². The van der Waals surface area contributed by atoms with E-state index in [0.29, 0.717) is 22.8 Å². The zero-order valence-electron chi connectivity index (χ0n) is 16.6. The molecule has 0 unspecified atom stereocenters. The highest BCUT2D eigenvalue weighted by Gasteiger charge is 2.29. The topological polar surface area (TPSA) is 51.1 Å². The molecule has 0 saturated heterocycles. The highest BCUT2D eigenvalue weighted by molar-refractivity contribution is 9.10. The molecule has 0 N–H and O–H groups in total. The standard InChI is InChI=1S/C22H23BrN2O3/c1-13(2)28-21-12-19(23)16(11-20(21)27-5)10-18-15(4)24-25(22(18)26)17-8-6-14(3)7-9-17/h6-13H,1-5H3/b18-10+. The Morgan fingerprint density at radius 3 is 2.39 bits per heavy atom. The van der Waals surface area contributed by atoms with E-state index in [4.69, 9.17) is 9.47 Å². The quantitative estimate of drug-likeness (QED) is 0.585. The number of methoxy groups -OCH3 is 1. The Kier molecular flexibility index (Phi) is 5.89. The van der Waals surface area contributed by atoms with Crippen molar-refractivity contribution in [2.75, 3.05) is 12.1 Å². The lowest BCUT2D eigenvalue weighted by molar-refractivity contribution is -0.114. The summed E-state index contributed by atoms with van der Waals surface area (Å²) in [6, 6.07) is 11.4. The molecular weight excluding hydrogens is 420 g/mol. The van der Waals surface area contributed by atoms with Crippen LogP contribution >= 0.6 is 15.9 Å². The van der Waals surface area contributed by atoms with Crippen LogP contribution in [-0.2, 0) is 4.79 Å². The molecular formula is C22H23BrN2O3. The SMILES string of the molecule is COc1cc(/C=C2/C(=O)N(c3ccc(C)cc3)N=C2C)c(Br)cc1OC(C)C. The van der Waals surface area contributed by atoms with Crippen LogP contribution in [0.25, 0.3) is 6.08 Å². The maximum Gasteiger partial charge on any atom is 0.280 e. The van der Waals surface area contributed by atoms with E-state index in [1.54, 1.807) is 7.11 Å². The molecule has 2 aromatic carbocycles. The lowest BCUT2D eigenvalue weighted by Crippen LogP contribution is -2.21. The van der Waals surface area contributed by atoms with Crippen LogP contribution in [0.3, 0.4) is 0 Å². The summed E-state index contributed by atoms with van der Waals surface area (Å²) in [7, 11) is 1.60. The zero-order valence-corrected chi connectivity index (χ0v) is 18.2. The Labute approximate surface area is 173 Å². The van der Waals surface area contributed by atoms with E-state index in [2.05, 4.69) is 21.0 Å². The number of nitrogens with zero attached hydrogens (tertiary/aromatic N) is 2. The molecule has 5 nitrogen and oxygen atoms in total. The summed E-state index contributed by atoms with van der Waals surface area (Å²) in [5.41, 5.74) is 3.90. The van der Waals surface area contributed by atoms with Crippen molar-refractivity contribution in [3.05, 3.63) is 57.6 Å². The van der Waals surface area contributed by atoms with Crippen molar-refractivity contribution in [3.63, 3.8) is 0 Å². The molecule has 6 heteroatoms. The number of anilines is 1. The Bertz CT molecular complexity index is 962. The van der Waals surface area contributed by atoms with Gasteiger partial charge in [-0.2, -0.15) is 10.1 Å². The Balaban J connectivity index is 1.96. The van der Waals surface area contributed by atoms with E-state index in [9.17, 15) is 4.79 Å². The average molecular weight is 443 g/mol. The summed E-state index contributed by atoms with van der Waals surface area (Å²) in [6.07, 6.45) is 1.85. The predicted molar refractivity (Wildman–Crippen MR) is 116 cm³/mol. The van der Waals surface area contributed by atoms with Gasteiger partial charge in [-0.05, 0) is 63.6 Å². The molecule has 0 atom stereocenters. The molecule has 0 aliphatic carbocycles. The Morgan fingerprint density at radius 1 is 1.11 bits per heavy atom. The van der Waals surface area contributed by atoms with Gasteiger partial charge < -0.3 is 9.47 Å². The van der Waals surface area contributed by atoms with Crippen LogP contribution in [0.4, 0.5) is 5.69 Å². The second kappa shape index (κ2) is 8.19. The highest BCUT2D eigenvalue weighted by atomic mass is 79.9. The molecule has 1 heterocycles. The largest absolute Gasteiger partial charge is 0.493 e. The number of hydrazone groups is 1. The number of carbonyl (C=O) groups excluding carboxylic acids is 1. The van der Waals surface area contributed by atoms with Gasteiger partial charge in [0.15, 0.2) is 11.5 Å². The number of carbonyl (C=O) groups is 1. The van der Waals surface area contributed by atoms with Crippen LogP contribution in [0, 0.1) is 6.92 Å². The molecule has 1 aliphatic heterocycles. The van der Waals surface area contributed by atoms with Gasteiger partial charge in [-0.1, -0.05) is 33.6 Å². The van der Waals surface area contributed by atoms with E-state index in [-0.39, 0.29) is 12.0 Å². The number of halogens is 1. The van der Waals surface area contributed by atoms with E-state index >= 15 is 0 Å². The molecule has 0 spiro atoms. The van der Waals surface area contributed by atoms with Gasteiger partial charge in [0, 0.05) is 4.47 Å². The third kappa shape index (κ3) is 4.12. The fourth-order valence-electron chi connectivity index (χ4n) is 2.87. The summed E-state index contributed by atoms with van der Waals surface area (Å²) in [6.45, 7) is 7.76. The van der Waals surface area contributed by atoms with Crippen LogP contribution < -0.4 is 14.5 Å². The molecule has 1 aliphatic rings. The van der Waals surface area contributed by atoms with Crippen LogP contribution in [0.5, 0.6) is 11.5 Å². The van der Waals surface area contributed by atoms with Crippen LogP contribution in [0.15, 0.2) is 51.5 Å². The van der Waals surface area contributed by atoms with E-state index in [1.807, 2.05) is 70.2 Å². The Hall–Kier alpha value is -2.60. The zero-order chi connectivity index (χ0) is 20.4. The van der Waals surface area contributed by atoms with Crippen molar-refractivity contribution in [2.45, 2.75) is 33.8 Å². The first-order valence-electron chi connectivity index (χ1n) is 9.02. The van der Waals surface area contributed by atoms with Gasteiger partial charge in [0.25, 0.3) is 5.91 Å². The van der Waals surface area contributed by atoms with Crippen molar-refractivity contribution in [1.82, 2.24) is 0 Å². The average Bonchev–Trinajstić information content (AvgIpc) is 2.92. The number of rotatable bonds is 5. The van der Waals surface area contributed by atoms with Gasteiger partial charge in [0.1, 0.15) is 0 Å². The summed E-state index contributed by atoms with van der Waals surface area (Å²) >= 11 is 3.57. The number of ether oxygens (including phenoxy) is 2. The summed E-state index contributed by atoms with van der Waals surface area (Å²) in [5.74, 6) is 1.10. The fraction of sp³-hybridized carbons (Fsp3) is 0.273. The first kappa shape index (κ1) is 20.1. The number of hydrogen-bond acceptors (Lipinski definition) is 4. The molecule has 2 aromatic rings. The van der Waals surface area contributed by atoms with E-state index in [1.165, 1.54) is 5.01 Å². The molecule has 0 aromatic heterocycles. The van der Waals surface area contributed by atoms with Crippen molar-refractivity contribution in [2.24, 2.45) is 5.10 Å². The second-order valence-corrected chi connectivity index (χ2v) is 7.74. The molecule has 146 valence electrons. The third-order valence-electron chi connectivity index (χ3n) is 4.29. The molecule has 28 heavy (non-hydrogen) atoms. The summed E-state index contributed by atoms with van der Waals surface area (Å²) in [5, 5.41) is 5.87. The third-order valence-corrected chi connectivity index (χ3v) is 4.97. The highest BCUT2D eigenvalue weighted by Crippen LogP contribution is 2.36. The van der Waals surface area contributed by atoms with Gasteiger partial charge in [0.2, 0.25) is 0 Å². The first-order chi connectivity index (χ1) is 13.3. The van der Waals surface area contributed by atoms with Crippen LogP contribution in [-0.4, -0.2) is 24.8 Å². The summed E-state index contributed by atoms with van der Waals surface area (Å²) < 4.78 is 12.1. The fourth-order valence-corrected chi connectivity index (χ4v) is 3.30. The number of hydrogen-bond donors (Lipinski definition) is 0. The number of aryl methyl sites for hydroxylation is 1. The molecule has 3 rings (SSSR count). The minimum atomic E-state index is -0.158. The smallest absolute Gasteiger partial charge is 0.280 e. The minimum absolute atomic E-state index is 0.0267. The van der Waals surface area contributed by atoms with Crippen molar-refractivity contribution < 1.29 is 14.3 Å².